The van der Waals surface area contributed by atoms with Crippen molar-refractivity contribution in [3.05, 3.63) is 46.3 Å². The SMILES string of the molecule is CCCCc1ccc(Nc2ncnc(N3CCCC(C)C3)c2[N+](=O)[O-])cc1. The second kappa shape index (κ2) is 8.79. The maximum atomic E-state index is 11.8. The number of nitrogens with zero attached hydrogens (tertiary/aromatic N) is 4. The standard InChI is InChI=1S/C20H27N5O2/c1-3-4-7-16-8-10-17(11-9-16)23-19-18(25(26)27)20(22-14-21-19)24-12-5-6-15(2)13-24/h8-11,14-15H,3-7,12-13H2,1-2H3,(H,21,22,23). The quantitative estimate of drug-likeness (QED) is 0.562. The molecule has 1 aliphatic heterocycles. The molecule has 27 heavy (non-hydrogen) atoms. The van der Waals surface area contributed by atoms with Crippen LogP contribution in [0.2, 0.25) is 0 Å². The van der Waals surface area contributed by atoms with E-state index in [-0.39, 0.29) is 16.4 Å². The van der Waals surface area contributed by atoms with Crippen molar-refractivity contribution in [3.63, 3.8) is 0 Å². The van der Waals surface area contributed by atoms with Crippen molar-refractivity contribution >= 4 is 23.0 Å². The van der Waals surface area contributed by atoms with Crippen LogP contribution in [0.25, 0.3) is 0 Å². The van der Waals surface area contributed by atoms with Gasteiger partial charge in [0.15, 0.2) is 0 Å². The molecule has 1 aromatic heterocycles. The summed E-state index contributed by atoms with van der Waals surface area (Å²) in [5.74, 6) is 1.15. The van der Waals surface area contributed by atoms with Gasteiger partial charge in [-0.15, -0.1) is 0 Å². The summed E-state index contributed by atoms with van der Waals surface area (Å²) < 4.78 is 0. The van der Waals surface area contributed by atoms with Crippen LogP contribution in [0, 0.1) is 16.0 Å². The van der Waals surface area contributed by atoms with Gasteiger partial charge in [0, 0.05) is 18.8 Å². The van der Waals surface area contributed by atoms with E-state index in [1.54, 1.807) is 0 Å². The van der Waals surface area contributed by atoms with E-state index >= 15 is 0 Å². The van der Waals surface area contributed by atoms with Crippen LogP contribution in [0.1, 0.15) is 45.1 Å². The Hall–Kier alpha value is -2.70. The highest BCUT2D eigenvalue weighted by molar-refractivity contribution is 5.74. The Bertz CT molecular complexity index is 778. The molecule has 0 amide bonds. The molecule has 1 fully saturated rings. The Labute approximate surface area is 160 Å². The molecular weight excluding hydrogens is 342 g/mol. The first-order valence-corrected chi connectivity index (χ1v) is 9.68. The van der Waals surface area contributed by atoms with Gasteiger partial charge in [0.25, 0.3) is 0 Å². The van der Waals surface area contributed by atoms with Crippen LogP contribution in [0.15, 0.2) is 30.6 Å². The molecule has 0 radical (unpaired) electrons. The van der Waals surface area contributed by atoms with Gasteiger partial charge in [0.1, 0.15) is 6.33 Å². The average molecular weight is 369 g/mol. The molecule has 1 aliphatic rings. The van der Waals surface area contributed by atoms with Gasteiger partial charge in [-0.25, -0.2) is 9.97 Å². The van der Waals surface area contributed by atoms with Crippen LogP contribution >= 0.6 is 0 Å². The summed E-state index contributed by atoms with van der Waals surface area (Å²) in [7, 11) is 0. The van der Waals surface area contributed by atoms with Gasteiger partial charge in [0.2, 0.25) is 11.6 Å². The zero-order chi connectivity index (χ0) is 19.2. The van der Waals surface area contributed by atoms with E-state index < -0.39 is 0 Å². The largest absolute Gasteiger partial charge is 0.353 e. The van der Waals surface area contributed by atoms with Crippen molar-refractivity contribution in [1.29, 1.82) is 0 Å². The Morgan fingerprint density at radius 3 is 2.74 bits per heavy atom. The molecule has 0 spiro atoms. The van der Waals surface area contributed by atoms with E-state index in [9.17, 15) is 10.1 Å². The maximum Gasteiger partial charge on any atom is 0.353 e. The minimum atomic E-state index is -0.382. The lowest BCUT2D eigenvalue weighted by atomic mass is 10.0. The highest BCUT2D eigenvalue weighted by Crippen LogP contribution is 2.35. The van der Waals surface area contributed by atoms with E-state index in [4.69, 9.17) is 0 Å². The van der Waals surface area contributed by atoms with E-state index in [1.165, 1.54) is 11.9 Å². The number of benzene rings is 1. The van der Waals surface area contributed by atoms with E-state index in [2.05, 4.69) is 41.3 Å². The van der Waals surface area contributed by atoms with Crippen molar-refractivity contribution in [3.8, 4) is 0 Å². The molecule has 0 aliphatic carbocycles. The van der Waals surface area contributed by atoms with E-state index in [1.807, 2.05) is 17.0 Å². The predicted octanol–water partition coefficient (Wildman–Crippen LogP) is 4.71. The number of hydrogen-bond donors (Lipinski definition) is 1. The monoisotopic (exact) mass is 369 g/mol. The lowest BCUT2D eigenvalue weighted by molar-refractivity contribution is -0.383. The number of hydrogen-bond acceptors (Lipinski definition) is 6. The molecule has 7 nitrogen and oxygen atoms in total. The minimum Gasteiger partial charge on any atom is -0.350 e. The molecule has 2 aromatic rings. The van der Waals surface area contributed by atoms with Gasteiger partial charge in [-0.2, -0.15) is 0 Å². The third-order valence-electron chi connectivity index (χ3n) is 4.98. The van der Waals surface area contributed by atoms with E-state index in [0.29, 0.717) is 11.7 Å². The van der Waals surface area contributed by atoms with Gasteiger partial charge in [0.05, 0.1) is 4.92 Å². The van der Waals surface area contributed by atoms with Crippen LogP contribution in [0.4, 0.5) is 23.0 Å². The molecular formula is C20H27N5O2. The Balaban J connectivity index is 1.84. The smallest absolute Gasteiger partial charge is 0.350 e. The number of aryl methyl sites for hydroxylation is 1. The van der Waals surface area contributed by atoms with Crippen LogP contribution in [0.3, 0.4) is 0 Å². The minimum absolute atomic E-state index is 0.0540. The molecule has 0 saturated carbocycles. The first kappa shape index (κ1) is 19.1. The van der Waals surface area contributed by atoms with Gasteiger partial charge in [-0.05, 0) is 49.3 Å². The molecule has 1 saturated heterocycles. The molecule has 7 heteroatoms. The lowest BCUT2D eigenvalue weighted by Crippen LogP contribution is -2.35. The van der Waals surface area contributed by atoms with Crippen molar-refractivity contribution in [2.45, 2.75) is 46.0 Å². The average Bonchev–Trinajstić information content (AvgIpc) is 2.67. The lowest BCUT2D eigenvalue weighted by Gasteiger charge is -2.31. The predicted molar refractivity (Wildman–Crippen MR) is 108 cm³/mol. The number of unbranched alkanes of at least 4 members (excludes halogenated alkanes) is 1. The van der Waals surface area contributed by atoms with Gasteiger partial charge in [-0.3, -0.25) is 10.1 Å². The molecule has 3 rings (SSSR count). The zero-order valence-corrected chi connectivity index (χ0v) is 16.0. The van der Waals surface area contributed by atoms with Crippen LogP contribution in [0.5, 0.6) is 0 Å². The van der Waals surface area contributed by atoms with Crippen molar-refractivity contribution in [2.24, 2.45) is 5.92 Å². The number of rotatable bonds is 7. The number of piperidine rings is 1. The fourth-order valence-corrected chi connectivity index (χ4v) is 3.51. The molecule has 0 bridgehead atoms. The molecule has 1 aromatic carbocycles. The first-order valence-electron chi connectivity index (χ1n) is 9.68. The topological polar surface area (TPSA) is 84.2 Å². The molecule has 144 valence electrons. The van der Waals surface area contributed by atoms with Crippen molar-refractivity contribution < 1.29 is 4.92 Å². The summed E-state index contributed by atoms with van der Waals surface area (Å²) in [6.07, 6.45) is 6.92. The van der Waals surface area contributed by atoms with Crippen LogP contribution < -0.4 is 10.2 Å². The number of nitro groups is 1. The van der Waals surface area contributed by atoms with Gasteiger partial charge in [-0.1, -0.05) is 32.4 Å². The van der Waals surface area contributed by atoms with Gasteiger partial charge >= 0.3 is 5.69 Å². The van der Waals surface area contributed by atoms with Crippen molar-refractivity contribution in [1.82, 2.24) is 9.97 Å². The van der Waals surface area contributed by atoms with Gasteiger partial charge < -0.3 is 10.2 Å². The fourth-order valence-electron chi connectivity index (χ4n) is 3.51. The highest BCUT2D eigenvalue weighted by atomic mass is 16.6. The summed E-state index contributed by atoms with van der Waals surface area (Å²) >= 11 is 0. The molecule has 2 heterocycles. The summed E-state index contributed by atoms with van der Waals surface area (Å²) in [6.45, 7) is 5.90. The van der Waals surface area contributed by atoms with Crippen LogP contribution in [-0.2, 0) is 6.42 Å². The number of nitrogens with one attached hydrogen (secondary N) is 1. The fraction of sp³-hybridized carbons (Fsp3) is 0.500. The summed E-state index contributed by atoms with van der Waals surface area (Å²) in [5, 5.41) is 14.9. The van der Waals surface area contributed by atoms with E-state index in [0.717, 1.165) is 50.9 Å². The summed E-state index contributed by atoms with van der Waals surface area (Å²) in [4.78, 5) is 21.8. The molecule has 1 unspecified atom stereocenters. The second-order valence-corrected chi connectivity index (χ2v) is 7.27. The van der Waals surface area contributed by atoms with Crippen LogP contribution in [-0.4, -0.2) is 28.0 Å². The molecule has 1 atom stereocenters. The Morgan fingerprint density at radius 2 is 2.07 bits per heavy atom. The highest BCUT2D eigenvalue weighted by Gasteiger charge is 2.29. The zero-order valence-electron chi connectivity index (χ0n) is 16.0. The van der Waals surface area contributed by atoms with Crippen molar-refractivity contribution in [2.75, 3.05) is 23.3 Å². The second-order valence-electron chi connectivity index (χ2n) is 7.27. The summed E-state index contributed by atoms with van der Waals surface area (Å²) in [6, 6.07) is 8.00. The number of aromatic nitrogens is 2. The maximum absolute atomic E-state index is 11.8. The summed E-state index contributed by atoms with van der Waals surface area (Å²) in [5.41, 5.74) is 2.00. The third kappa shape index (κ3) is 4.72. The Kier molecular flexibility index (Phi) is 6.21. The first-order chi connectivity index (χ1) is 13.1. The number of anilines is 3. The third-order valence-corrected chi connectivity index (χ3v) is 4.98. The Morgan fingerprint density at radius 1 is 1.30 bits per heavy atom. The normalized spacial score (nSPS) is 17.0. The molecule has 1 N–H and O–H groups in total.